The number of anilines is 2. The van der Waals surface area contributed by atoms with E-state index < -0.39 is 17.4 Å². The third-order valence-corrected chi connectivity index (χ3v) is 6.39. The molecule has 0 bridgehead atoms. The Kier molecular flexibility index (Phi) is 4.77. The van der Waals surface area contributed by atoms with E-state index >= 15 is 0 Å². The van der Waals surface area contributed by atoms with Gasteiger partial charge in [0.05, 0.1) is 12.3 Å². The van der Waals surface area contributed by atoms with Crippen molar-refractivity contribution in [2.45, 2.75) is 43.2 Å². The highest BCUT2D eigenvalue weighted by molar-refractivity contribution is 5.91. The summed E-state index contributed by atoms with van der Waals surface area (Å²) in [5.74, 6) is -0.107. The highest BCUT2D eigenvalue weighted by atomic mass is 16.5. The van der Waals surface area contributed by atoms with Crippen molar-refractivity contribution >= 4 is 23.5 Å². The zero-order valence-corrected chi connectivity index (χ0v) is 17.1. The minimum Gasteiger partial charge on any atom is -0.481 e. The van der Waals surface area contributed by atoms with E-state index in [1.54, 1.807) is 11.0 Å². The van der Waals surface area contributed by atoms with E-state index in [4.69, 9.17) is 10.5 Å². The fourth-order valence-electron chi connectivity index (χ4n) is 4.25. The Morgan fingerprint density at radius 1 is 1.19 bits per heavy atom. The second kappa shape index (κ2) is 7.49. The van der Waals surface area contributed by atoms with E-state index in [0.717, 1.165) is 29.9 Å². The molecule has 9 heteroatoms. The van der Waals surface area contributed by atoms with Crippen LogP contribution >= 0.6 is 0 Å². The average molecular weight is 423 g/mol. The predicted octanol–water partition coefficient (Wildman–Crippen LogP) is 2.22. The van der Waals surface area contributed by atoms with Crippen LogP contribution in [0.3, 0.4) is 0 Å². The van der Waals surface area contributed by atoms with Crippen LogP contribution in [0.5, 0.6) is 0 Å². The number of nitrogens with zero attached hydrogens (tertiary/aromatic N) is 4. The summed E-state index contributed by atoms with van der Waals surface area (Å²) in [7, 11) is 0. The molecule has 2 heterocycles. The van der Waals surface area contributed by atoms with Crippen molar-refractivity contribution in [2.24, 2.45) is 5.73 Å². The largest absolute Gasteiger partial charge is 0.481 e. The first-order valence-electron chi connectivity index (χ1n) is 10.6. The first-order valence-corrected chi connectivity index (χ1v) is 10.6. The lowest BCUT2D eigenvalue weighted by Crippen LogP contribution is -2.39. The number of aliphatic carboxylic acids is 1. The summed E-state index contributed by atoms with van der Waals surface area (Å²) in [6.07, 6.45) is 4.48. The molecule has 31 heavy (non-hydrogen) atoms. The van der Waals surface area contributed by atoms with Gasteiger partial charge in [0.15, 0.2) is 0 Å². The quantitative estimate of drug-likeness (QED) is 0.730. The summed E-state index contributed by atoms with van der Waals surface area (Å²) < 4.78 is 5.99. The van der Waals surface area contributed by atoms with Crippen molar-refractivity contribution in [1.82, 2.24) is 9.97 Å². The molecule has 0 spiro atoms. The van der Waals surface area contributed by atoms with Crippen LogP contribution in [0.2, 0.25) is 0 Å². The number of benzene rings is 1. The van der Waals surface area contributed by atoms with Crippen LogP contribution in [-0.4, -0.2) is 52.8 Å². The molecule has 0 radical (unpaired) electrons. The topological polar surface area (TPSA) is 122 Å². The van der Waals surface area contributed by atoms with Crippen LogP contribution in [-0.2, 0) is 14.9 Å². The minimum atomic E-state index is -0.854. The van der Waals surface area contributed by atoms with Gasteiger partial charge in [-0.3, -0.25) is 9.69 Å². The third kappa shape index (κ3) is 3.69. The van der Waals surface area contributed by atoms with Gasteiger partial charge in [0.1, 0.15) is 23.7 Å². The van der Waals surface area contributed by atoms with Crippen LogP contribution in [0.4, 0.5) is 16.3 Å². The van der Waals surface area contributed by atoms with Gasteiger partial charge in [-0.05, 0) is 43.4 Å². The van der Waals surface area contributed by atoms with E-state index in [-0.39, 0.29) is 12.1 Å². The van der Waals surface area contributed by atoms with Crippen LogP contribution in [0.25, 0.3) is 0 Å². The second-order valence-corrected chi connectivity index (χ2v) is 8.49. The molecule has 3 aliphatic rings. The molecule has 1 saturated heterocycles. The zero-order valence-electron chi connectivity index (χ0n) is 17.1. The molecule has 9 nitrogen and oxygen atoms in total. The lowest BCUT2D eigenvalue weighted by Gasteiger charge is -2.34. The normalized spacial score (nSPS) is 22.1. The summed E-state index contributed by atoms with van der Waals surface area (Å²) in [6.45, 7) is 1.80. The van der Waals surface area contributed by atoms with Crippen LogP contribution in [0, 0.1) is 0 Å². The van der Waals surface area contributed by atoms with Gasteiger partial charge in [0, 0.05) is 30.9 Å². The molecule has 2 aliphatic carbocycles. The molecular weight excluding hydrogens is 398 g/mol. The Balaban J connectivity index is 1.32. The summed E-state index contributed by atoms with van der Waals surface area (Å²) in [5, 5.41) is 9.56. The van der Waals surface area contributed by atoms with E-state index in [0.29, 0.717) is 38.2 Å². The number of amides is 2. The van der Waals surface area contributed by atoms with Gasteiger partial charge < -0.3 is 20.5 Å². The third-order valence-electron chi connectivity index (χ3n) is 6.39. The van der Waals surface area contributed by atoms with Gasteiger partial charge in [-0.15, -0.1) is 0 Å². The Morgan fingerprint density at radius 3 is 2.55 bits per heavy atom. The Labute approximate surface area is 179 Å². The van der Waals surface area contributed by atoms with Crippen molar-refractivity contribution in [3.63, 3.8) is 0 Å². The number of morpholine rings is 1. The number of carbonyl (C=O) groups excluding carboxylic acids is 1. The number of nitrogens with two attached hydrogens (primary N) is 1. The van der Waals surface area contributed by atoms with Gasteiger partial charge in [0.25, 0.3) is 0 Å². The highest BCUT2D eigenvalue weighted by Crippen LogP contribution is 2.48. The number of primary amides is 1. The van der Waals surface area contributed by atoms with Gasteiger partial charge in [0.2, 0.25) is 0 Å². The molecule has 2 saturated carbocycles. The van der Waals surface area contributed by atoms with Crippen molar-refractivity contribution in [2.75, 3.05) is 29.5 Å². The molecule has 1 atom stereocenters. The number of carboxylic acids is 1. The summed E-state index contributed by atoms with van der Waals surface area (Å²) in [4.78, 5) is 35.8. The minimum absolute atomic E-state index is 0.154. The maximum absolute atomic E-state index is 11.8. The van der Waals surface area contributed by atoms with E-state index in [2.05, 4.69) is 14.9 Å². The molecule has 1 unspecified atom stereocenters. The SMILES string of the molecule is NC(=O)N(c1ccc(C2CN(c3cc(C4(C(=O)O)CC4)ncn3)CCO2)cc1)C1CC1. The number of ether oxygens (including phenoxy) is 1. The Hall–Kier alpha value is -3.20. The molecule has 1 aromatic carbocycles. The molecule has 3 N–H and O–H groups in total. The summed E-state index contributed by atoms with van der Waals surface area (Å²) in [5.41, 5.74) is 7.07. The summed E-state index contributed by atoms with van der Waals surface area (Å²) >= 11 is 0. The zero-order chi connectivity index (χ0) is 21.6. The number of carboxylic acid groups (broad SMARTS) is 1. The van der Waals surface area contributed by atoms with E-state index in [1.807, 2.05) is 24.3 Å². The summed E-state index contributed by atoms with van der Waals surface area (Å²) in [6, 6.07) is 9.34. The fourth-order valence-corrected chi connectivity index (χ4v) is 4.25. The smallest absolute Gasteiger partial charge is 0.319 e. The van der Waals surface area contributed by atoms with Crippen LogP contribution < -0.4 is 15.5 Å². The lowest BCUT2D eigenvalue weighted by molar-refractivity contribution is -0.140. The molecule has 1 aliphatic heterocycles. The standard InChI is InChI=1S/C22H25N5O4/c23-21(30)27(16-5-6-16)15-3-1-14(2-4-15)17-12-26(9-10-31-17)19-11-18(24-13-25-19)22(7-8-22)20(28)29/h1-4,11,13,16-17H,5-10,12H2,(H2,23,30)(H,28,29). The molecule has 162 valence electrons. The number of carbonyl (C=O) groups is 2. The van der Waals surface area contributed by atoms with Crippen molar-refractivity contribution < 1.29 is 19.4 Å². The van der Waals surface area contributed by atoms with Crippen LogP contribution in [0.15, 0.2) is 36.7 Å². The van der Waals surface area contributed by atoms with E-state index in [9.17, 15) is 14.7 Å². The van der Waals surface area contributed by atoms with Gasteiger partial charge in [-0.2, -0.15) is 0 Å². The molecule has 1 aromatic heterocycles. The van der Waals surface area contributed by atoms with Gasteiger partial charge >= 0.3 is 12.0 Å². The number of aromatic nitrogens is 2. The predicted molar refractivity (Wildman–Crippen MR) is 113 cm³/mol. The molecule has 2 aromatic rings. The van der Waals surface area contributed by atoms with Gasteiger partial charge in [-0.1, -0.05) is 12.1 Å². The molecule has 2 amide bonds. The van der Waals surface area contributed by atoms with Crippen molar-refractivity contribution in [1.29, 1.82) is 0 Å². The lowest BCUT2D eigenvalue weighted by atomic mass is 10.0. The average Bonchev–Trinajstić information content (AvgIpc) is 3.69. The Morgan fingerprint density at radius 2 is 1.94 bits per heavy atom. The monoisotopic (exact) mass is 423 g/mol. The number of hydrogen-bond donors (Lipinski definition) is 2. The first kappa shape index (κ1) is 19.7. The first-order chi connectivity index (χ1) is 15.0. The van der Waals surface area contributed by atoms with Crippen molar-refractivity contribution in [3.8, 4) is 0 Å². The van der Waals surface area contributed by atoms with Crippen LogP contribution in [0.1, 0.15) is 43.0 Å². The maximum Gasteiger partial charge on any atom is 0.319 e. The van der Waals surface area contributed by atoms with E-state index in [1.165, 1.54) is 6.33 Å². The highest BCUT2D eigenvalue weighted by Gasteiger charge is 2.53. The molecule has 5 rings (SSSR count). The Bertz CT molecular complexity index is 1000. The second-order valence-electron chi connectivity index (χ2n) is 8.49. The van der Waals surface area contributed by atoms with Crippen molar-refractivity contribution in [3.05, 3.63) is 47.9 Å². The number of urea groups is 1. The maximum atomic E-state index is 11.8. The fraction of sp³-hybridized carbons (Fsp3) is 0.455. The molecule has 3 fully saturated rings. The van der Waals surface area contributed by atoms with Gasteiger partial charge in [-0.25, -0.2) is 14.8 Å². The number of hydrogen-bond acceptors (Lipinski definition) is 6. The number of rotatable bonds is 6. The molecular formula is C22H25N5O4.